The number of aliphatic hydroxyl groups is 2. The smallest absolute Gasteiger partial charge is 0.0928 e. The minimum Gasteiger partial charge on any atom is -0.392 e. The SMILES string of the molecule is CCC(O)CN1CC(O)(C2CC2)C1. The second-order valence-corrected chi connectivity index (χ2v) is 4.61. The van der Waals surface area contributed by atoms with E-state index in [0.717, 1.165) is 26.1 Å². The Labute approximate surface area is 79.4 Å². The average molecular weight is 185 g/mol. The first-order chi connectivity index (χ1) is 6.14. The standard InChI is InChI=1S/C10H19NO2/c1-2-9(12)5-11-6-10(13,7-11)8-3-4-8/h8-9,12-13H,2-7H2,1H3. The van der Waals surface area contributed by atoms with Crippen molar-refractivity contribution in [3.8, 4) is 0 Å². The molecule has 2 rings (SSSR count). The number of hydrogen-bond donors (Lipinski definition) is 2. The van der Waals surface area contributed by atoms with Gasteiger partial charge in [0.25, 0.3) is 0 Å². The minimum atomic E-state index is -0.395. The molecule has 0 aromatic rings. The fourth-order valence-electron chi connectivity index (χ4n) is 2.16. The Morgan fingerprint density at radius 2 is 2.08 bits per heavy atom. The topological polar surface area (TPSA) is 43.7 Å². The van der Waals surface area contributed by atoms with E-state index >= 15 is 0 Å². The van der Waals surface area contributed by atoms with Gasteiger partial charge in [0.1, 0.15) is 0 Å². The Bertz CT molecular complexity index is 185. The van der Waals surface area contributed by atoms with E-state index in [-0.39, 0.29) is 6.10 Å². The molecule has 1 aliphatic carbocycles. The maximum atomic E-state index is 9.98. The number of rotatable bonds is 4. The zero-order chi connectivity index (χ0) is 9.47. The number of hydrogen-bond acceptors (Lipinski definition) is 3. The van der Waals surface area contributed by atoms with E-state index in [1.165, 1.54) is 12.8 Å². The molecule has 0 aromatic heterocycles. The van der Waals surface area contributed by atoms with Gasteiger partial charge in [0, 0.05) is 19.6 Å². The van der Waals surface area contributed by atoms with Gasteiger partial charge in [-0.1, -0.05) is 6.92 Å². The van der Waals surface area contributed by atoms with Crippen LogP contribution >= 0.6 is 0 Å². The summed E-state index contributed by atoms with van der Waals surface area (Å²) >= 11 is 0. The van der Waals surface area contributed by atoms with E-state index in [2.05, 4.69) is 4.90 Å². The molecule has 76 valence electrons. The second kappa shape index (κ2) is 3.23. The summed E-state index contributed by atoms with van der Waals surface area (Å²) in [6.45, 7) is 4.26. The van der Waals surface area contributed by atoms with E-state index in [1.807, 2.05) is 6.92 Å². The van der Waals surface area contributed by atoms with Crippen LogP contribution in [0.2, 0.25) is 0 Å². The Balaban J connectivity index is 1.71. The van der Waals surface area contributed by atoms with Crippen molar-refractivity contribution in [1.29, 1.82) is 0 Å². The fourth-order valence-corrected chi connectivity index (χ4v) is 2.16. The molecule has 1 unspecified atom stereocenters. The van der Waals surface area contributed by atoms with Gasteiger partial charge < -0.3 is 10.2 Å². The zero-order valence-corrected chi connectivity index (χ0v) is 8.24. The third-order valence-corrected chi connectivity index (χ3v) is 3.27. The van der Waals surface area contributed by atoms with Gasteiger partial charge in [0.2, 0.25) is 0 Å². The first-order valence-electron chi connectivity index (χ1n) is 5.27. The normalized spacial score (nSPS) is 29.8. The average Bonchev–Trinajstić information content (AvgIpc) is 2.83. The summed E-state index contributed by atoms with van der Waals surface area (Å²) in [5, 5.41) is 19.4. The van der Waals surface area contributed by atoms with Crippen molar-refractivity contribution in [2.24, 2.45) is 5.92 Å². The lowest BCUT2D eigenvalue weighted by Crippen LogP contribution is -2.64. The van der Waals surface area contributed by atoms with Crippen molar-refractivity contribution in [3.63, 3.8) is 0 Å². The van der Waals surface area contributed by atoms with Crippen LogP contribution in [-0.4, -0.2) is 46.5 Å². The largest absolute Gasteiger partial charge is 0.392 e. The number of β-amino-alcohol motifs (C(OH)–C–C–N with tert-alkyl or cyclic N) is 2. The predicted octanol–water partition coefficient (Wildman–Crippen LogP) is 0.214. The van der Waals surface area contributed by atoms with Crippen LogP contribution in [-0.2, 0) is 0 Å². The summed E-state index contributed by atoms with van der Waals surface area (Å²) in [6.07, 6.45) is 2.98. The van der Waals surface area contributed by atoms with Gasteiger partial charge in [-0.15, -0.1) is 0 Å². The van der Waals surface area contributed by atoms with E-state index < -0.39 is 5.60 Å². The summed E-state index contributed by atoms with van der Waals surface area (Å²) in [4.78, 5) is 2.15. The molecule has 3 nitrogen and oxygen atoms in total. The maximum absolute atomic E-state index is 9.98. The van der Waals surface area contributed by atoms with Gasteiger partial charge >= 0.3 is 0 Å². The molecular formula is C10H19NO2. The first-order valence-corrected chi connectivity index (χ1v) is 5.27. The lowest BCUT2D eigenvalue weighted by atomic mass is 9.88. The molecule has 1 saturated carbocycles. The molecule has 2 fully saturated rings. The highest BCUT2D eigenvalue weighted by atomic mass is 16.3. The molecule has 1 atom stereocenters. The number of likely N-dealkylation sites (tertiary alicyclic amines) is 1. The predicted molar refractivity (Wildman–Crippen MR) is 50.4 cm³/mol. The van der Waals surface area contributed by atoms with Crippen molar-refractivity contribution in [1.82, 2.24) is 4.90 Å². The monoisotopic (exact) mass is 185 g/mol. The summed E-state index contributed by atoms with van der Waals surface area (Å²) in [5.74, 6) is 0.558. The highest BCUT2D eigenvalue weighted by Crippen LogP contribution is 2.44. The molecule has 13 heavy (non-hydrogen) atoms. The highest BCUT2D eigenvalue weighted by molar-refractivity contribution is 5.05. The Morgan fingerprint density at radius 1 is 1.46 bits per heavy atom. The van der Waals surface area contributed by atoms with Crippen LogP contribution in [0, 0.1) is 5.92 Å². The summed E-state index contributed by atoms with van der Waals surface area (Å²) in [6, 6.07) is 0. The zero-order valence-electron chi connectivity index (χ0n) is 8.24. The third-order valence-electron chi connectivity index (χ3n) is 3.27. The van der Waals surface area contributed by atoms with Crippen LogP contribution < -0.4 is 0 Å². The second-order valence-electron chi connectivity index (χ2n) is 4.61. The van der Waals surface area contributed by atoms with Crippen molar-refractivity contribution in [2.45, 2.75) is 37.9 Å². The molecule has 1 aliphatic heterocycles. The molecule has 2 aliphatic rings. The van der Waals surface area contributed by atoms with Crippen LogP contribution in [0.25, 0.3) is 0 Å². The van der Waals surface area contributed by atoms with Crippen LogP contribution in [0.4, 0.5) is 0 Å². The van der Waals surface area contributed by atoms with E-state index in [9.17, 15) is 10.2 Å². The molecule has 0 radical (unpaired) electrons. The maximum Gasteiger partial charge on any atom is 0.0928 e. The Kier molecular flexibility index (Phi) is 2.34. The van der Waals surface area contributed by atoms with Gasteiger partial charge in [-0.3, -0.25) is 4.90 Å². The van der Waals surface area contributed by atoms with Gasteiger partial charge in [0.05, 0.1) is 11.7 Å². The lowest BCUT2D eigenvalue weighted by molar-refractivity contribution is -0.122. The van der Waals surface area contributed by atoms with E-state index in [1.54, 1.807) is 0 Å². The fraction of sp³-hybridized carbons (Fsp3) is 1.00. The Morgan fingerprint density at radius 3 is 2.54 bits per heavy atom. The highest BCUT2D eigenvalue weighted by Gasteiger charge is 2.51. The molecule has 0 bridgehead atoms. The molecule has 0 aromatic carbocycles. The molecular weight excluding hydrogens is 166 g/mol. The number of nitrogens with zero attached hydrogens (tertiary/aromatic N) is 1. The van der Waals surface area contributed by atoms with Crippen LogP contribution in [0.1, 0.15) is 26.2 Å². The van der Waals surface area contributed by atoms with Crippen LogP contribution in [0.3, 0.4) is 0 Å². The molecule has 3 heteroatoms. The number of aliphatic hydroxyl groups excluding tert-OH is 1. The van der Waals surface area contributed by atoms with Crippen molar-refractivity contribution in [3.05, 3.63) is 0 Å². The summed E-state index contributed by atoms with van der Waals surface area (Å²) in [5.41, 5.74) is -0.395. The molecule has 1 saturated heterocycles. The molecule has 0 spiro atoms. The quantitative estimate of drug-likeness (QED) is 0.658. The van der Waals surface area contributed by atoms with Gasteiger partial charge in [-0.25, -0.2) is 0 Å². The lowest BCUT2D eigenvalue weighted by Gasteiger charge is -2.47. The molecule has 0 amide bonds. The van der Waals surface area contributed by atoms with E-state index in [0.29, 0.717) is 5.92 Å². The summed E-state index contributed by atoms with van der Waals surface area (Å²) in [7, 11) is 0. The van der Waals surface area contributed by atoms with Gasteiger partial charge in [0.15, 0.2) is 0 Å². The van der Waals surface area contributed by atoms with Gasteiger partial charge in [-0.05, 0) is 25.2 Å². The first kappa shape index (κ1) is 9.44. The van der Waals surface area contributed by atoms with Crippen LogP contribution in [0.15, 0.2) is 0 Å². The van der Waals surface area contributed by atoms with Crippen LogP contribution in [0.5, 0.6) is 0 Å². The van der Waals surface area contributed by atoms with Gasteiger partial charge in [-0.2, -0.15) is 0 Å². The van der Waals surface area contributed by atoms with Crippen molar-refractivity contribution in [2.75, 3.05) is 19.6 Å². The molecule has 1 heterocycles. The van der Waals surface area contributed by atoms with Crippen molar-refractivity contribution >= 4 is 0 Å². The third kappa shape index (κ3) is 1.87. The summed E-state index contributed by atoms with van der Waals surface area (Å²) < 4.78 is 0. The van der Waals surface area contributed by atoms with E-state index in [4.69, 9.17) is 0 Å². The molecule has 2 N–H and O–H groups in total. The minimum absolute atomic E-state index is 0.219. The Hall–Kier alpha value is -0.120. The van der Waals surface area contributed by atoms with Crippen molar-refractivity contribution < 1.29 is 10.2 Å².